The molecule has 0 atom stereocenters. The third-order valence-corrected chi connectivity index (χ3v) is 4.04. The summed E-state index contributed by atoms with van der Waals surface area (Å²) in [6.45, 7) is 0.975. The number of benzene rings is 2. The molecule has 0 aromatic heterocycles. The molecule has 0 saturated carbocycles. The average Bonchev–Trinajstić information content (AvgIpc) is 2.61. The van der Waals surface area contributed by atoms with E-state index in [1.54, 1.807) is 12.1 Å². The Morgan fingerprint density at radius 3 is 2.67 bits per heavy atom. The number of nitro benzene ring substituents is 1. The highest BCUT2D eigenvalue weighted by atomic mass is 16.6. The van der Waals surface area contributed by atoms with E-state index in [1.165, 1.54) is 17.7 Å². The molecule has 0 spiro atoms. The number of rotatable bonds is 5. The Kier molecular flexibility index (Phi) is 4.74. The van der Waals surface area contributed by atoms with Crippen molar-refractivity contribution in [3.63, 3.8) is 0 Å². The maximum absolute atomic E-state index is 12.5. The van der Waals surface area contributed by atoms with E-state index in [9.17, 15) is 14.9 Å². The van der Waals surface area contributed by atoms with Gasteiger partial charge in [-0.3, -0.25) is 14.9 Å². The van der Waals surface area contributed by atoms with Crippen LogP contribution in [0.1, 0.15) is 18.4 Å². The van der Waals surface area contributed by atoms with E-state index in [0.29, 0.717) is 5.75 Å². The van der Waals surface area contributed by atoms with Gasteiger partial charge in [0.1, 0.15) is 5.75 Å². The molecule has 3 rings (SSSR count). The summed E-state index contributed by atoms with van der Waals surface area (Å²) < 4.78 is 5.52. The van der Waals surface area contributed by atoms with Crippen molar-refractivity contribution < 1.29 is 14.5 Å². The molecule has 1 aliphatic rings. The second kappa shape index (κ2) is 7.12. The normalized spacial score (nSPS) is 13.2. The first-order valence-corrected chi connectivity index (χ1v) is 7.90. The third-order valence-electron chi connectivity index (χ3n) is 4.04. The molecular weight excluding hydrogens is 308 g/mol. The minimum Gasteiger partial charge on any atom is -0.493 e. The van der Waals surface area contributed by atoms with Crippen LogP contribution >= 0.6 is 0 Å². The van der Waals surface area contributed by atoms with Crippen LogP contribution in [0, 0.1) is 10.1 Å². The van der Waals surface area contributed by atoms with E-state index >= 15 is 0 Å². The molecule has 0 aliphatic carbocycles. The molecule has 0 N–H and O–H groups in total. The largest absolute Gasteiger partial charge is 0.493 e. The van der Waals surface area contributed by atoms with Gasteiger partial charge in [0.2, 0.25) is 5.91 Å². The van der Waals surface area contributed by atoms with Gasteiger partial charge in [-0.05, 0) is 36.6 Å². The summed E-state index contributed by atoms with van der Waals surface area (Å²) in [7, 11) is 0. The van der Waals surface area contributed by atoms with Crippen LogP contribution in [0.2, 0.25) is 0 Å². The van der Waals surface area contributed by atoms with Gasteiger partial charge in [0.15, 0.2) is 0 Å². The van der Waals surface area contributed by atoms with Crippen LogP contribution in [-0.2, 0) is 11.2 Å². The third kappa shape index (κ3) is 3.53. The minimum absolute atomic E-state index is 0.0170. The predicted octanol–water partition coefficient (Wildman–Crippen LogP) is 3.34. The number of para-hydroxylation sites is 1. The van der Waals surface area contributed by atoms with Crippen molar-refractivity contribution >= 4 is 17.3 Å². The van der Waals surface area contributed by atoms with Crippen LogP contribution < -0.4 is 9.64 Å². The number of amides is 1. The summed E-state index contributed by atoms with van der Waals surface area (Å²) in [5, 5.41) is 10.6. The number of nitro groups is 1. The van der Waals surface area contributed by atoms with Crippen LogP contribution in [0.3, 0.4) is 0 Å². The first kappa shape index (κ1) is 16.0. The number of fused-ring (bicyclic) bond motifs is 1. The van der Waals surface area contributed by atoms with Gasteiger partial charge < -0.3 is 9.64 Å². The first-order chi connectivity index (χ1) is 11.6. The van der Waals surface area contributed by atoms with Crippen molar-refractivity contribution in [3.8, 4) is 5.75 Å². The fourth-order valence-electron chi connectivity index (χ4n) is 2.85. The molecule has 2 aromatic carbocycles. The van der Waals surface area contributed by atoms with Crippen LogP contribution in [0.5, 0.6) is 5.75 Å². The Bertz CT molecular complexity index is 743. The summed E-state index contributed by atoms with van der Waals surface area (Å²) in [6.07, 6.45) is 2.23. The SMILES string of the molecule is O=C(CCOc1ccc([N+](=O)[O-])cc1)N1CCCc2ccccc21. The number of anilines is 1. The van der Waals surface area contributed by atoms with E-state index in [0.717, 1.165) is 25.1 Å². The molecule has 1 amide bonds. The Balaban J connectivity index is 1.56. The standard InChI is InChI=1S/C18H18N2O4/c21-18(19-12-3-5-14-4-1-2-6-17(14)19)11-13-24-16-9-7-15(8-10-16)20(22)23/h1-2,4,6-10H,3,5,11-13H2. The molecule has 0 saturated heterocycles. The highest BCUT2D eigenvalue weighted by Gasteiger charge is 2.21. The number of carbonyl (C=O) groups is 1. The molecule has 0 unspecified atom stereocenters. The Hall–Kier alpha value is -2.89. The van der Waals surface area contributed by atoms with E-state index in [4.69, 9.17) is 4.74 Å². The number of hydrogen-bond acceptors (Lipinski definition) is 4. The monoisotopic (exact) mass is 326 g/mol. The van der Waals surface area contributed by atoms with Gasteiger partial charge >= 0.3 is 0 Å². The topological polar surface area (TPSA) is 72.7 Å². The van der Waals surface area contributed by atoms with Crippen molar-refractivity contribution in [2.24, 2.45) is 0 Å². The number of carbonyl (C=O) groups excluding carboxylic acids is 1. The van der Waals surface area contributed by atoms with E-state index in [2.05, 4.69) is 6.07 Å². The molecule has 6 nitrogen and oxygen atoms in total. The van der Waals surface area contributed by atoms with Crippen LogP contribution in [0.15, 0.2) is 48.5 Å². The lowest BCUT2D eigenvalue weighted by Crippen LogP contribution is -2.36. The quantitative estimate of drug-likeness (QED) is 0.624. The number of ether oxygens (including phenoxy) is 1. The van der Waals surface area contributed by atoms with Crippen molar-refractivity contribution in [3.05, 3.63) is 64.2 Å². The molecule has 0 fully saturated rings. The maximum atomic E-state index is 12.5. The zero-order chi connectivity index (χ0) is 16.9. The lowest BCUT2D eigenvalue weighted by molar-refractivity contribution is -0.384. The summed E-state index contributed by atoms with van der Waals surface area (Å²) in [4.78, 5) is 24.4. The van der Waals surface area contributed by atoms with Crippen LogP contribution in [0.25, 0.3) is 0 Å². The van der Waals surface area contributed by atoms with E-state index in [1.807, 2.05) is 23.1 Å². The van der Waals surface area contributed by atoms with Gasteiger partial charge in [-0.2, -0.15) is 0 Å². The first-order valence-electron chi connectivity index (χ1n) is 7.90. The zero-order valence-corrected chi connectivity index (χ0v) is 13.2. The Labute approximate surface area is 139 Å². The summed E-state index contributed by atoms with van der Waals surface area (Å²) in [6, 6.07) is 13.8. The van der Waals surface area contributed by atoms with Gasteiger partial charge in [-0.15, -0.1) is 0 Å². The Morgan fingerprint density at radius 2 is 1.92 bits per heavy atom. The van der Waals surface area contributed by atoms with Gasteiger partial charge in [-0.1, -0.05) is 18.2 Å². The van der Waals surface area contributed by atoms with Crippen molar-refractivity contribution in [1.82, 2.24) is 0 Å². The molecule has 1 aliphatic heterocycles. The highest BCUT2D eigenvalue weighted by Crippen LogP contribution is 2.27. The average molecular weight is 326 g/mol. The fraction of sp³-hybridized carbons (Fsp3) is 0.278. The molecule has 124 valence electrons. The summed E-state index contributed by atoms with van der Waals surface area (Å²) in [5.41, 5.74) is 2.21. The maximum Gasteiger partial charge on any atom is 0.269 e. The fourth-order valence-corrected chi connectivity index (χ4v) is 2.85. The zero-order valence-electron chi connectivity index (χ0n) is 13.2. The van der Waals surface area contributed by atoms with Crippen LogP contribution in [0.4, 0.5) is 11.4 Å². The van der Waals surface area contributed by atoms with E-state index in [-0.39, 0.29) is 24.6 Å². The molecule has 0 bridgehead atoms. The lowest BCUT2D eigenvalue weighted by Gasteiger charge is -2.29. The van der Waals surface area contributed by atoms with Gasteiger partial charge in [0.25, 0.3) is 5.69 Å². The molecule has 6 heteroatoms. The number of hydrogen-bond donors (Lipinski definition) is 0. The Morgan fingerprint density at radius 1 is 1.17 bits per heavy atom. The summed E-state index contributed by atoms with van der Waals surface area (Å²) in [5.74, 6) is 0.552. The van der Waals surface area contributed by atoms with Crippen LogP contribution in [-0.4, -0.2) is 24.0 Å². The van der Waals surface area contributed by atoms with Crippen molar-refractivity contribution in [2.75, 3.05) is 18.1 Å². The number of aryl methyl sites for hydroxylation is 1. The van der Waals surface area contributed by atoms with Gasteiger partial charge in [-0.25, -0.2) is 0 Å². The van der Waals surface area contributed by atoms with Crippen molar-refractivity contribution in [2.45, 2.75) is 19.3 Å². The molecule has 24 heavy (non-hydrogen) atoms. The lowest BCUT2D eigenvalue weighted by atomic mass is 10.0. The predicted molar refractivity (Wildman–Crippen MR) is 90.3 cm³/mol. The molecular formula is C18H18N2O4. The van der Waals surface area contributed by atoms with Crippen molar-refractivity contribution in [1.29, 1.82) is 0 Å². The summed E-state index contributed by atoms with van der Waals surface area (Å²) >= 11 is 0. The van der Waals surface area contributed by atoms with E-state index < -0.39 is 4.92 Å². The number of nitrogens with zero attached hydrogens (tertiary/aromatic N) is 2. The smallest absolute Gasteiger partial charge is 0.269 e. The van der Waals surface area contributed by atoms with Gasteiger partial charge in [0, 0.05) is 24.4 Å². The molecule has 2 aromatic rings. The second-order valence-electron chi connectivity index (χ2n) is 5.63. The number of non-ortho nitro benzene ring substituents is 1. The molecule has 1 heterocycles. The minimum atomic E-state index is -0.457. The second-order valence-corrected chi connectivity index (χ2v) is 5.63. The van der Waals surface area contributed by atoms with Gasteiger partial charge in [0.05, 0.1) is 18.0 Å². The highest BCUT2D eigenvalue weighted by molar-refractivity contribution is 5.94. The molecule has 0 radical (unpaired) electrons.